The average Bonchev–Trinajstić information content (AvgIpc) is 3.48. The summed E-state index contributed by atoms with van der Waals surface area (Å²) in [6.07, 6.45) is 7.23. The molecule has 0 N–H and O–H groups in total. The highest BCUT2D eigenvalue weighted by molar-refractivity contribution is 5.93. The molecule has 0 spiro atoms. The van der Waals surface area contributed by atoms with E-state index in [-0.39, 0.29) is 5.91 Å². The van der Waals surface area contributed by atoms with Crippen molar-refractivity contribution in [2.75, 3.05) is 6.54 Å². The van der Waals surface area contributed by atoms with Gasteiger partial charge >= 0.3 is 0 Å². The summed E-state index contributed by atoms with van der Waals surface area (Å²) in [7, 11) is 0. The Balaban J connectivity index is 1.38. The number of amides is 1. The zero-order chi connectivity index (χ0) is 20.2. The Kier molecular flexibility index (Phi) is 3.55. The summed E-state index contributed by atoms with van der Waals surface area (Å²) in [6.45, 7) is 3.79. The van der Waals surface area contributed by atoms with Gasteiger partial charge in [0.25, 0.3) is 5.91 Å². The van der Waals surface area contributed by atoms with Crippen LogP contribution in [0.1, 0.15) is 22.1 Å². The summed E-state index contributed by atoms with van der Waals surface area (Å²) in [5.41, 5.74) is 5.90. The largest absolute Gasteiger partial charge is 0.441 e. The van der Waals surface area contributed by atoms with Gasteiger partial charge in [0.15, 0.2) is 11.5 Å². The second-order valence-electron chi connectivity index (χ2n) is 7.51. The van der Waals surface area contributed by atoms with Crippen LogP contribution in [0, 0.1) is 6.92 Å². The maximum absolute atomic E-state index is 13.2. The molecule has 0 saturated heterocycles. The third-order valence-corrected chi connectivity index (χ3v) is 5.60. The first-order chi connectivity index (χ1) is 14.7. The monoisotopic (exact) mass is 398 g/mol. The third kappa shape index (κ3) is 2.61. The van der Waals surface area contributed by atoms with Gasteiger partial charge in [0, 0.05) is 32.4 Å². The molecule has 0 unspecified atom stereocenters. The van der Waals surface area contributed by atoms with E-state index < -0.39 is 0 Å². The second kappa shape index (κ2) is 6.28. The van der Waals surface area contributed by atoms with E-state index in [0.717, 1.165) is 40.1 Å². The maximum atomic E-state index is 13.2. The normalized spacial score (nSPS) is 13.8. The number of carbonyl (C=O) groups is 1. The lowest BCUT2D eigenvalue weighted by Crippen LogP contribution is -2.38. The number of oxazole rings is 1. The molecule has 1 aliphatic rings. The number of hydrogen-bond acceptors (Lipinski definition) is 5. The number of nitrogens with zero attached hydrogens (tertiary/aromatic N) is 6. The lowest BCUT2D eigenvalue weighted by molar-refractivity contribution is 0.0704. The van der Waals surface area contributed by atoms with E-state index in [9.17, 15) is 4.79 Å². The molecule has 0 radical (unpaired) electrons. The van der Waals surface area contributed by atoms with Crippen LogP contribution < -0.4 is 0 Å². The van der Waals surface area contributed by atoms with Crippen molar-refractivity contribution in [2.24, 2.45) is 0 Å². The number of hydrogen-bond donors (Lipinski definition) is 0. The van der Waals surface area contributed by atoms with Crippen molar-refractivity contribution in [1.82, 2.24) is 28.8 Å². The van der Waals surface area contributed by atoms with Crippen molar-refractivity contribution in [3.63, 3.8) is 0 Å². The first kappa shape index (κ1) is 17.0. The van der Waals surface area contributed by atoms with E-state index in [0.29, 0.717) is 24.7 Å². The van der Waals surface area contributed by atoms with Crippen LogP contribution >= 0.6 is 0 Å². The van der Waals surface area contributed by atoms with Crippen LogP contribution in [0.25, 0.3) is 27.9 Å². The van der Waals surface area contributed by atoms with Gasteiger partial charge in [-0.1, -0.05) is 6.07 Å². The lowest BCUT2D eigenvalue weighted by Gasteiger charge is -2.27. The number of benzene rings is 1. The molecule has 0 fully saturated rings. The minimum absolute atomic E-state index is 0.0327. The van der Waals surface area contributed by atoms with Crippen molar-refractivity contribution >= 4 is 22.7 Å². The summed E-state index contributed by atoms with van der Waals surface area (Å²) in [6, 6.07) is 9.85. The average molecular weight is 398 g/mol. The first-order valence-corrected chi connectivity index (χ1v) is 9.79. The minimum atomic E-state index is -0.0327. The van der Waals surface area contributed by atoms with Crippen LogP contribution in [-0.4, -0.2) is 41.3 Å². The molecule has 0 bridgehead atoms. The van der Waals surface area contributed by atoms with Gasteiger partial charge < -0.3 is 13.9 Å². The Labute approximate surface area is 171 Å². The minimum Gasteiger partial charge on any atom is -0.441 e. The quantitative estimate of drug-likeness (QED) is 0.456. The number of aryl methyl sites for hydroxylation is 1. The van der Waals surface area contributed by atoms with Gasteiger partial charge in [0.05, 0.1) is 24.8 Å². The van der Waals surface area contributed by atoms with Gasteiger partial charge in [-0.25, -0.2) is 15.0 Å². The number of fused-ring (bicyclic) bond motifs is 3. The van der Waals surface area contributed by atoms with Crippen molar-refractivity contribution in [3.8, 4) is 11.1 Å². The molecule has 8 heteroatoms. The van der Waals surface area contributed by atoms with E-state index in [4.69, 9.17) is 4.42 Å². The summed E-state index contributed by atoms with van der Waals surface area (Å²) in [4.78, 5) is 28.1. The molecule has 0 saturated carbocycles. The molecule has 8 nitrogen and oxygen atoms in total. The standard InChI is InChI=1S/C22H18N6O2/c1-14-25-18-8-15(2-4-20(18)30-14)16-3-5-21-24-10-19(28(21)11-16)22(29)26-6-7-27-13-23-9-17(27)12-26/h2-5,8-11,13H,6-7,12H2,1H3. The zero-order valence-electron chi connectivity index (χ0n) is 16.3. The van der Waals surface area contributed by atoms with Gasteiger partial charge in [-0.15, -0.1) is 0 Å². The summed E-state index contributed by atoms with van der Waals surface area (Å²) in [5, 5.41) is 0. The molecule has 1 amide bonds. The smallest absolute Gasteiger partial charge is 0.272 e. The number of pyridine rings is 1. The number of aromatic nitrogens is 5. The topological polar surface area (TPSA) is 81.5 Å². The molecule has 6 rings (SSSR count). The maximum Gasteiger partial charge on any atom is 0.272 e. The van der Waals surface area contributed by atoms with Gasteiger partial charge in [-0.3, -0.25) is 9.20 Å². The van der Waals surface area contributed by atoms with Crippen LogP contribution in [0.15, 0.2) is 59.7 Å². The van der Waals surface area contributed by atoms with Crippen molar-refractivity contribution in [1.29, 1.82) is 0 Å². The first-order valence-electron chi connectivity index (χ1n) is 9.79. The highest BCUT2D eigenvalue weighted by Gasteiger charge is 2.24. The van der Waals surface area contributed by atoms with Crippen molar-refractivity contribution in [2.45, 2.75) is 20.0 Å². The SMILES string of the molecule is Cc1nc2cc(-c3ccc4ncc(C(=O)N5CCn6cncc6C5)n4c3)ccc2o1. The van der Waals surface area contributed by atoms with E-state index >= 15 is 0 Å². The fourth-order valence-corrected chi connectivity index (χ4v) is 4.05. The van der Waals surface area contributed by atoms with Crippen LogP contribution in [0.4, 0.5) is 0 Å². The van der Waals surface area contributed by atoms with Crippen molar-refractivity contribution in [3.05, 3.63) is 72.5 Å². The Bertz CT molecular complexity index is 1430. The number of carbonyl (C=O) groups excluding carboxylic acids is 1. The Morgan fingerprint density at radius 1 is 1.10 bits per heavy atom. The van der Waals surface area contributed by atoms with Crippen molar-refractivity contribution < 1.29 is 9.21 Å². The molecule has 1 aliphatic heterocycles. The molecule has 4 aromatic heterocycles. The molecular weight excluding hydrogens is 380 g/mol. The Morgan fingerprint density at radius 3 is 2.93 bits per heavy atom. The molecule has 5 aromatic rings. The van der Waals surface area contributed by atoms with Gasteiger partial charge in [-0.2, -0.15) is 0 Å². The predicted molar refractivity (Wildman–Crippen MR) is 110 cm³/mol. The number of rotatable bonds is 2. The van der Waals surface area contributed by atoms with E-state index in [1.807, 2.05) is 65.3 Å². The van der Waals surface area contributed by atoms with Gasteiger partial charge in [-0.05, 0) is 35.4 Å². The highest BCUT2D eigenvalue weighted by Crippen LogP contribution is 2.26. The van der Waals surface area contributed by atoms with E-state index in [2.05, 4.69) is 19.5 Å². The molecule has 5 heterocycles. The highest BCUT2D eigenvalue weighted by atomic mass is 16.3. The summed E-state index contributed by atoms with van der Waals surface area (Å²) in [5.74, 6) is 0.609. The van der Waals surface area contributed by atoms with E-state index in [1.54, 1.807) is 6.20 Å². The molecule has 0 aliphatic carbocycles. The molecule has 148 valence electrons. The molecule has 0 atom stereocenters. The zero-order valence-corrected chi connectivity index (χ0v) is 16.3. The fraction of sp³-hybridized carbons (Fsp3) is 0.182. The molecular formula is C22H18N6O2. The summed E-state index contributed by atoms with van der Waals surface area (Å²) >= 11 is 0. The van der Waals surface area contributed by atoms with Gasteiger partial charge in [0.1, 0.15) is 16.9 Å². The van der Waals surface area contributed by atoms with Gasteiger partial charge in [0.2, 0.25) is 0 Å². The molecule has 30 heavy (non-hydrogen) atoms. The lowest BCUT2D eigenvalue weighted by atomic mass is 10.1. The second-order valence-corrected chi connectivity index (χ2v) is 7.51. The van der Waals surface area contributed by atoms with Crippen LogP contribution in [-0.2, 0) is 13.1 Å². The summed E-state index contributed by atoms with van der Waals surface area (Å²) < 4.78 is 9.52. The molecule has 1 aromatic carbocycles. The predicted octanol–water partition coefficient (Wildman–Crippen LogP) is 3.30. The van der Waals surface area contributed by atoms with Crippen LogP contribution in [0.3, 0.4) is 0 Å². The van der Waals surface area contributed by atoms with Crippen LogP contribution in [0.2, 0.25) is 0 Å². The fourth-order valence-electron chi connectivity index (χ4n) is 4.05. The third-order valence-electron chi connectivity index (χ3n) is 5.60. The van der Waals surface area contributed by atoms with Crippen LogP contribution in [0.5, 0.6) is 0 Å². The van der Waals surface area contributed by atoms with E-state index in [1.165, 1.54) is 0 Å². The number of imidazole rings is 2. The Hall–Kier alpha value is -3.94. The Morgan fingerprint density at radius 2 is 2.00 bits per heavy atom.